The van der Waals surface area contributed by atoms with Crippen LogP contribution in [0.4, 0.5) is 0 Å². The maximum absolute atomic E-state index is 12.8. The molecule has 364 valence electrons. The zero-order valence-corrected chi connectivity index (χ0v) is 39.5. The van der Waals surface area contributed by atoms with Crippen molar-refractivity contribution in [2.45, 2.75) is 224 Å². The van der Waals surface area contributed by atoms with Crippen LogP contribution < -0.4 is 0 Å². The smallest absolute Gasteiger partial charge is 0.462 e. The number of esters is 2. The summed E-state index contributed by atoms with van der Waals surface area (Å²) in [5.74, 6) is -1.13. The number of unbranched alkanes of at least 4 members (excludes halogenated alkanes) is 17. The zero-order valence-electron chi connectivity index (χ0n) is 38.6. The Morgan fingerprint density at radius 3 is 1.38 bits per heavy atom. The summed E-state index contributed by atoms with van der Waals surface area (Å²) in [4.78, 5) is 35.8. The fraction of sp³-hybridized carbons (Fsp3) is 0.755. The molecule has 0 aromatic rings. The molecule has 1 saturated carbocycles. The number of ether oxygens (including phenoxy) is 2. The van der Waals surface area contributed by atoms with Gasteiger partial charge in [0.2, 0.25) is 0 Å². The van der Waals surface area contributed by atoms with Crippen LogP contribution in [0, 0.1) is 0 Å². The first-order valence-corrected chi connectivity index (χ1v) is 25.6. The molecule has 0 bridgehead atoms. The van der Waals surface area contributed by atoms with Gasteiger partial charge in [-0.15, -0.1) is 0 Å². The summed E-state index contributed by atoms with van der Waals surface area (Å²) in [7, 11) is -5.13. The van der Waals surface area contributed by atoms with Gasteiger partial charge < -0.3 is 39.9 Å². The van der Waals surface area contributed by atoms with Crippen LogP contribution in [0.15, 0.2) is 60.8 Å². The minimum Gasteiger partial charge on any atom is -0.462 e. The van der Waals surface area contributed by atoms with E-state index in [9.17, 15) is 44.6 Å². The fourth-order valence-electron chi connectivity index (χ4n) is 6.98. The van der Waals surface area contributed by atoms with Crippen molar-refractivity contribution in [3.8, 4) is 0 Å². The molecule has 1 fully saturated rings. The summed E-state index contributed by atoms with van der Waals surface area (Å²) in [5.41, 5.74) is 0. The molecule has 0 aromatic carbocycles. The van der Waals surface area contributed by atoms with Gasteiger partial charge in [-0.05, 0) is 77.0 Å². The highest BCUT2D eigenvalue weighted by atomic mass is 31.2. The molecule has 0 amide bonds. The van der Waals surface area contributed by atoms with Gasteiger partial charge in [0.15, 0.2) is 6.10 Å². The molecule has 0 heterocycles. The van der Waals surface area contributed by atoms with Gasteiger partial charge in [0.05, 0.1) is 6.61 Å². The Labute approximate surface area is 379 Å². The number of carbonyl (C=O) groups excluding carboxylic acids is 2. The SMILES string of the molecule is CC/C=C\C/C=C\C/C=C\CCCCCCCC(=O)OC[C@H](COP(=O)(O)OC1C(O)C(O)C(O)[C@@H](O)C1O)OC(=O)CCCCCCCCCCC/C=C\C/C=C\CCCCC. The quantitative estimate of drug-likeness (QED) is 0.0147. The summed E-state index contributed by atoms with van der Waals surface area (Å²) in [6.45, 7) is 3.15. The molecule has 63 heavy (non-hydrogen) atoms. The standard InChI is InChI=1S/C49H85O13P/c1-3-5-7-9-11-13-15-17-19-20-21-22-24-26-28-30-32-34-36-38-43(51)61-41(40-60-63(57,58)62-49-47(55)45(53)44(52)46(54)48(49)56)39-59-42(50)37-35-33-31-29-27-25-23-18-16-14-12-10-8-6-4-2/h6,8,11-14,17-19,23,41,44-49,52-56H,3-5,7,9-10,15-16,20-22,24-40H2,1-2H3,(H,57,58)/b8-6-,13-11-,14-12-,19-17-,23-18-/t41-,44?,45-,46?,47?,48?,49?/m1/s1. The summed E-state index contributed by atoms with van der Waals surface area (Å²) < 4.78 is 33.6. The fourth-order valence-corrected chi connectivity index (χ4v) is 7.95. The Hall–Kier alpha value is -2.45. The van der Waals surface area contributed by atoms with Crippen LogP contribution in [-0.4, -0.2) is 98.3 Å². The third-order valence-electron chi connectivity index (χ3n) is 10.8. The van der Waals surface area contributed by atoms with Crippen LogP contribution >= 0.6 is 7.82 Å². The monoisotopic (exact) mass is 913 g/mol. The summed E-state index contributed by atoms with van der Waals surface area (Å²) >= 11 is 0. The van der Waals surface area contributed by atoms with E-state index in [0.29, 0.717) is 12.8 Å². The number of aliphatic hydroxyl groups is 5. The number of allylic oxidation sites excluding steroid dienone is 10. The van der Waals surface area contributed by atoms with E-state index in [0.717, 1.165) is 89.9 Å². The number of phosphoric acid groups is 1. The number of hydrogen-bond acceptors (Lipinski definition) is 12. The predicted octanol–water partition coefficient (Wildman–Crippen LogP) is 9.73. The van der Waals surface area contributed by atoms with Gasteiger partial charge >= 0.3 is 19.8 Å². The highest BCUT2D eigenvalue weighted by molar-refractivity contribution is 7.47. The van der Waals surface area contributed by atoms with E-state index in [1.807, 2.05) is 0 Å². The van der Waals surface area contributed by atoms with Crippen molar-refractivity contribution in [1.29, 1.82) is 0 Å². The average Bonchev–Trinajstić information content (AvgIpc) is 3.26. The molecule has 6 unspecified atom stereocenters. The molecule has 0 spiro atoms. The topological polar surface area (TPSA) is 210 Å². The molecule has 0 aliphatic heterocycles. The highest BCUT2D eigenvalue weighted by Crippen LogP contribution is 2.47. The lowest BCUT2D eigenvalue weighted by molar-refractivity contribution is -0.220. The van der Waals surface area contributed by atoms with Crippen molar-refractivity contribution in [1.82, 2.24) is 0 Å². The minimum atomic E-state index is -5.13. The Bertz CT molecular complexity index is 1330. The van der Waals surface area contributed by atoms with E-state index in [1.54, 1.807) is 0 Å². The van der Waals surface area contributed by atoms with Crippen molar-refractivity contribution in [2.24, 2.45) is 0 Å². The molecule has 6 N–H and O–H groups in total. The first-order chi connectivity index (χ1) is 30.4. The third-order valence-corrected chi connectivity index (χ3v) is 11.8. The Morgan fingerprint density at radius 1 is 0.508 bits per heavy atom. The summed E-state index contributed by atoms with van der Waals surface area (Å²) in [6, 6.07) is 0. The van der Waals surface area contributed by atoms with E-state index in [2.05, 4.69) is 74.6 Å². The largest absolute Gasteiger partial charge is 0.472 e. The van der Waals surface area contributed by atoms with Crippen molar-refractivity contribution in [2.75, 3.05) is 13.2 Å². The summed E-state index contributed by atoms with van der Waals surface area (Å²) in [5, 5.41) is 50.2. The normalized spacial score (nSPS) is 22.2. The van der Waals surface area contributed by atoms with Crippen LogP contribution in [0.1, 0.15) is 181 Å². The zero-order chi connectivity index (χ0) is 46.4. The van der Waals surface area contributed by atoms with Crippen LogP contribution in [0.2, 0.25) is 0 Å². The maximum Gasteiger partial charge on any atom is 0.472 e. The third kappa shape index (κ3) is 31.2. The van der Waals surface area contributed by atoms with Gasteiger partial charge in [-0.3, -0.25) is 18.6 Å². The van der Waals surface area contributed by atoms with Crippen LogP contribution in [0.3, 0.4) is 0 Å². The molecular formula is C49H85O13P. The summed E-state index contributed by atoms with van der Waals surface area (Å²) in [6.07, 6.45) is 34.1. The van der Waals surface area contributed by atoms with Crippen molar-refractivity contribution in [3.05, 3.63) is 60.8 Å². The van der Waals surface area contributed by atoms with Gasteiger partial charge in [0, 0.05) is 12.8 Å². The van der Waals surface area contributed by atoms with Gasteiger partial charge in [-0.2, -0.15) is 0 Å². The van der Waals surface area contributed by atoms with E-state index >= 15 is 0 Å². The van der Waals surface area contributed by atoms with Gasteiger partial charge in [-0.1, -0.05) is 152 Å². The lowest BCUT2D eigenvalue weighted by atomic mass is 9.85. The Balaban J connectivity index is 2.44. The molecule has 1 rings (SSSR count). The van der Waals surface area contributed by atoms with E-state index in [4.69, 9.17) is 18.5 Å². The highest BCUT2D eigenvalue weighted by Gasteiger charge is 2.51. The van der Waals surface area contributed by atoms with Crippen LogP contribution in [-0.2, 0) is 32.7 Å². The number of aliphatic hydroxyl groups excluding tert-OH is 5. The Kier molecular flexibility index (Phi) is 36.1. The predicted molar refractivity (Wildman–Crippen MR) is 249 cm³/mol. The minimum absolute atomic E-state index is 0.0856. The molecule has 13 nitrogen and oxygen atoms in total. The molecule has 1 aliphatic carbocycles. The van der Waals surface area contributed by atoms with Gasteiger partial charge in [0.25, 0.3) is 0 Å². The molecule has 1 aliphatic rings. The average molecular weight is 913 g/mol. The van der Waals surface area contributed by atoms with Crippen molar-refractivity contribution in [3.63, 3.8) is 0 Å². The van der Waals surface area contributed by atoms with E-state index in [-0.39, 0.29) is 12.8 Å². The first-order valence-electron chi connectivity index (χ1n) is 24.1. The molecule has 0 radical (unpaired) electrons. The van der Waals surface area contributed by atoms with Gasteiger partial charge in [-0.25, -0.2) is 4.57 Å². The number of rotatable bonds is 39. The molecule has 8 atom stereocenters. The van der Waals surface area contributed by atoms with Crippen LogP contribution in [0.5, 0.6) is 0 Å². The van der Waals surface area contributed by atoms with E-state index in [1.165, 1.54) is 51.4 Å². The van der Waals surface area contributed by atoms with Crippen molar-refractivity contribution >= 4 is 19.8 Å². The number of carbonyl (C=O) groups is 2. The molecule has 0 aromatic heterocycles. The number of phosphoric ester groups is 1. The number of hydrogen-bond donors (Lipinski definition) is 6. The second-order valence-electron chi connectivity index (χ2n) is 16.6. The van der Waals surface area contributed by atoms with Crippen LogP contribution in [0.25, 0.3) is 0 Å². The molecular weight excluding hydrogens is 827 g/mol. The Morgan fingerprint density at radius 2 is 0.905 bits per heavy atom. The maximum atomic E-state index is 12.8. The first kappa shape index (κ1) is 58.6. The lowest BCUT2D eigenvalue weighted by Crippen LogP contribution is -2.64. The van der Waals surface area contributed by atoms with Gasteiger partial charge in [0.1, 0.15) is 43.2 Å². The second-order valence-corrected chi connectivity index (χ2v) is 18.0. The van der Waals surface area contributed by atoms with Crippen molar-refractivity contribution < 1.29 is 63.1 Å². The van der Waals surface area contributed by atoms with E-state index < -0.39 is 75.7 Å². The molecule has 0 saturated heterocycles. The molecule has 14 heteroatoms. The second kappa shape index (κ2) is 38.8. The lowest BCUT2D eigenvalue weighted by Gasteiger charge is -2.41.